The minimum absolute atomic E-state index is 0.0940. The van der Waals surface area contributed by atoms with Crippen LogP contribution in [0.1, 0.15) is 103 Å². The molecule has 0 spiro atoms. The van der Waals surface area contributed by atoms with Crippen molar-refractivity contribution in [2.75, 3.05) is 6.61 Å². The molecule has 0 aromatic carbocycles. The largest absolute Gasteiger partial charge is 0.484 e. The number of rotatable bonds is 19. The van der Waals surface area contributed by atoms with Gasteiger partial charge in [-0.05, 0) is 12.8 Å². The van der Waals surface area contributed by atoms with Crippen molar-refractivity contribution in [2.45, 2.75) is 103 Å². The number of hydrogen-bond acceptors (Lipinski definition) is 2. The maximum absolute atomic E-state index is 11.7. The van der Waals surface area contributed by atoms with Crippen LogP contribution in [0.15, 0.2) is 42.0 Å². The highest BCUT2D eigenvalue weighted by molar-refractivity contribution is 5.28. The van der Waals surface area contributed by atoms with Crippen molar-refractivity contribution >= 4 is 6.20 Å². The minimum atomic E-state index is -0.0940. The smallest absolute Gasteiger partial charge is 0.223 e. The lowest BCUT2D eigenvalue weighted by atomic mass is 10.0. The van der Waals surface area contributed by atoms with Crippen LogP contribution < -0.4 is 10.2 Å². The van der Waals surface area contributed by atoms with Crippen molar-refractivity contribution in [2.24, 2.45) is 0 Å². The molecule has 1 aromatic heterocycles. The topological polar surface area (TPSA) is 31.2 Å². The van der Waals surface area contributed by atoms with E-state index in [4.69, 9.17) is 4.74 Å². The molecule has 1 heterocycles. The molecule has 0 saturated carbocycles. The molecule has 0 fully saturated rings. The molecule has 164 valence electrons. The fraction of sp³-hybridized carbons (Fsp3) is 0.654. The van der Waals surface area contributed by atoms with E-state index in [0.717, 1.165) is 6.42 Å². The van der Waals surface area contributed by atoms with Crippen LogP contribution in [-0.2, 0) is 0 Å². The molecular formula is C26H43NO2. The molecule has 0 saturated heterocycles. The normalized spacial score (nSPS) is 11.2. The number of unbranched alkanes of at least 4 members (excludes halogenated alkanes) is 14. The summed E-state index contributed by atoms with van der Waals surface area (Å²) in [7, 11) is 0. The van der Waals surface area contributed by atoms with Crippen molar-refractivity contribution < 1.29 is 4.74 Å². The Bertz CT molecular complexity index is 603. The van der Waals surface area contributed by atoms with Crippen LogP contribution in [0.2, 0.25) is 0 Å². The molecule has 0 aliphatic rings. The predicted molar refractivity (Wildman–Crippen MR) is 127 cm³/mol. The van der Waals surface area contributed by atoms with E-state index in [0.29, 0.717) is 12.4 Å². The molecule has 0 radical (unpaired) electrons. The molecule has 3 heteroatoms. The molecule has 0 aliphatic carbocycles. The van der Waals surface area contributed by atoms with Gasteiger partial charge in [-0.1, -0.05) is 109 Å². The second-order valence-corrected chi connectivity index (χ2v) is 7.99. The predicted octanol–water partition coefficient (Wildman–Crippen LogP) is 7.76. The summed E-state index contributed by atoms with van der Waals surface area (Å²) in [4.78, 5) is 11.7. The monoisotopic (exact) mass is 401 g/mol. The Balaban J connectivity index is 1.97. The first-order valence-electron chi connectivity index (χ1n) is 11.9. The van der Waals surface area contributed by atoms with Gasteiger partial charge < -0.3 is 9.30 Å². The number of hydrogen-bond donors (Lipinski definition) is 0. The Labute approximate surface area is 178 Å². The molecule has 0 amide bonds. The number of allylic oxidation sites excluding steroid dienone is 1. The fourth-order valence-electron chi connectivity index (χ4n) is 3.48. The van der Waals surface area contributed by atoms with Crippen LogP contribution in [-0.4, -0.2) is 11.2 Å². The third-order valence-electron chi connectivity index (χ3n) is 5.27. The highest BCUT2D eigenvalue weighted by Gasteiger charge is 1.99. The van der Waals surface area contributed by atoms with Gasteiger partial charge in [-0.25, -0.2) is 0 Å². The van der Waals surface area contributed by atoms with Crippen molar-refractivity contribution in [1.29, 1.82) is 0 Å². The highest BCUT2D eigenvalue weighted by Crippen LogP contribution is 2.13. The second kappa shape index (κ2) is 18.3. The molecule has 0 aliphatic heterocycles. The van der Waals surface area contributed by atoms with Gasteiger partial charge in [0.2, 0.25) is 5.43 Å². The van der Waals surface area contributed by atoms with Gasteiger partial charge in [0, 0.05) is 18.5 Å². The van der Waals surface area contributed by atoms with Crippen molar-refractivity contribution in [3.63, 3.8) is 0 Å². The molecule has 3 nitrogen and oxygen atoms in total. The number of aromatic nitrogens is 1. The van der Waals surface area contributed by atoms with Crippen molar-refractivity contribution in [3.05, 3.63) is 47.4 Å². The Morgan fingerprint density at radius 3 is 2.00 bits per heavy atom. The molecule has 1 rings (SSSR count). The lowest BCUT2D eigenvalue weighted by Crippen LogP contribution is -2.08. The fourth-order valence-corrected chi connectivity index (χ4v) is 3.48. The summed E-state index contributed by atoms with van der Waals surface area (Å²) < 4.78 is 7.25. The summed E-state index contributed by atoms with van der Waals surface area (Å²) in [5.41, 5.74) is -0.0940. The number of pyridine rings is 1. The number of ether oxygens (including phenoxy) is 1. The maximum Gasteiger partial charge on any atom is 0.223 e. The molecule has 0 bridgehead atoms. The van der Waals surface area contributed by atoms with E-state index in [1.54, 1.807) is 18.5 Å². The first kappa shape index (κ1) is 25.3. The van der Waals surface area contributed by atoms with E-state index in [9.17, 15) is 4.79 Å². The van der Waals surface area contributed by atoms with Gasteiger partial charge in [0.15, 0.2) is 5.75 Å². The summed E-state index contributed by atoms with van der Waals surface area (Å²) >= 11 is 0. The zero-order valence-electron chi connectivity index (χ0n) is 18.7. The zero-order chi connectivity index (χ0) is 21.0. The molecule has 29 heavy (non-hydrogen) atoms. The molecule has 1 aromatic rings. The lowest BCUT2D eigenvalue weighted by Gasteiger charge is -2.05. The van der Waals surface area contributed by atoms with Crippen LogP contribution in [0.5, 0.6) is 5.75 Å². The van der Waals surface area contributed by atoms with E-state index < -0.39 is 0 Å². The van der Waals surface area contributed by atoms with E-state index in [1.807, 2.05) is 10.8 Å². The van der Waals surface area contributed by atoms with Gasteiger partial charge in [-0.2, -0.15) is 0 Å². The van der Waals surface area contributed by atoms with E-state index in [-0.39, 0.29) is 5.43 Å². The van der Waals surface area contributed by atoms with Gasteiger partial charge in [0.25, 0.3) is 0 Å². The maximum atomic E-state index is 11.7. The zero-order valence-corrected chi connectivity index (χ0v) is 18.7. The summed E-state index contributed by atoms with van der Waals surface area (Å²) in [6.07, 6.45) is 29.8. The molecule has 0 N–H and O–H groups in total. The Kier molecular flexibility index (Phi) is 15.9. The van der Waals surface area contributed by atoms with E-state index >= 15 is 0 Å². The summed E-state index contributed by atoms with van der Waals surface area (Å²) in [6.45, 7) is 6.23. The van der Waals surface area contributed by atoms with Crippen molar-refractivity contribution in [3.8, 4) is 5.75 Å². The van der Waals surface area contributed by atoms with Gasteiger partial charge in [0.05, 0.1) is 6.20 Å². The van der Waals surface area contributed by atoms with Crippen LogP contribution in [0, 0.1) is 0 Å². The third-order valence-corrected chi connectivity index (χ3v) is 5.27. The quantitative estimate of drug-likeness (QED) is 0.175. The van der Waals surface area contributed by atoms with Gasteiger partial charge in [-0.15, -0.1) is 0 Å². The van der Waals surface area contributed by atoms with Gasteiger partial charge in [0.1, 0.15) is 6.61 Å². The average Bonchev–Trinajstić information content (AvgIpc) is 2.73. The Morgan fingerprint density at radius 2 is 1.45 bits per heavy atom. The van der Waals surface area contributed by atoms with Crippen molar-refractivity contribution in [1.82, 2.24) is 4.57 Å². The summed E-state index contributed by atoms with van der Waals surface area (Å²) in [5, 5.41) is 0. The van der Waals surface area contributed by atoms with Crippen LogP contribution in [0.3, 0.4) is 0 Å². The standard InChI is InChI=1S/C26H43NO2/c1-3-5-6-7-8-9-10-11-12-13-14-15-16-17-18-19-21-27-22-20-25(28)26(24-27)29-23-4-2/h4,19-22,24H,2-3,5-18,23H2,1H3. The molecule has 0 unspecified atom stereocenters. The SMILES string of the molecule is C=CCOc1cn(C=CCCCCCCCCCCCCCCCC)ccc1=O. The average molecular weight is 402 g/mol. The summed E-state index contributed by atoms with van der Waals surface area (Å²) in [5.74, 6) is 0.369. The summed E-state index contributed by atoms with van der Waals surface area (Å²) in [6, 6.07) is 1.54. The van der Waals surface area contributed by atoms with Crippen LogP contribution in [0.25, 0.3) is 6.20 Å². The first-order chi connectivity index (χ1) is 14.3. The minimum Gasteiger partial charge on any atom is -0.484 e. The Morgan fingerprint density at radius 1 is 0.897 bits per heavy atom. The third kappa shape index (κ3) is 13.9. The Hall–Kier alpha value is -1.77. The van der Waals surface area contributed by atoms with Gasteiger partial charge >= 0.3 is 0 Å². The highest BCUT2D eigenvalue weighted by atomic mass is 16.5. The van der Waals surface area contributed by atoms with E-state index in [1.165, 1.54) is 96.0 Å². The second-order valence-electron chi connectivity index (χ2n) is 7.99. The lowest BCUT2D eigenvalue weighted by molar-refractivity contribution is 0.357. The van der Waals surface area contributed by atoms with Crippen LogP contribution >= 0.6 is 0 Å². The van der Waals surface area contributed by atoms with Crippen LogP contribution in [0.4, 0.5) is 0 Å². The van der Waals surface area contributed by atoms with E-state index in [2.05, 4.69) is 19.6 Å². The molecular weight excluding hydrogens is 358 g/mol. The number of nitrogens with zero attached hydrogens (tertiary/aromatic N) is 1. The molecule has 0 atom stereocenters. The first-order valence-corrected chi connectivity index (χ1v) is 11.9. The van der Waals surface area contributed by atoms with Gasteiger partial charge in [-0.3, -0.25) is 4.79 Å².